The van der Waals surface area contributed by atoms with E-state index in [1.807, 2.05) is 43.5 Å². The van der Waals surface area contributed by atoms with Gasteiger partial charge in [-0.3, -0.25) is 0 Å². The molecule has 5 nitrogen and oxygen atoms in total. The molecule has 180 valence electrons. The molecule has 4 aromatic rings. The third-order valence-electron chi connectivity index (χ3n) is 6.06. The lowest BCUT2D eigenvalue weighted by atomic mass is 10.0. The number of hydrogen-bond acceptors (Lipinski definition) is 5. The summed E-state index contributed by atoms with van der Waals surface area (Å²) in [6, 6.07) is 25.0. The lowest BCUT2D eigenvalue weighted by molar-refractivity contribution is 0.485. The largest absolute Gasteiger partial charge is 0.369 e. The molecule has 35 heavy (non-hydrogen) atoms. The first kappa shape index (κ1) is 24.9. The van der Waals surface area contributed by atoms with Crippen LogP contribution in [-0.4, -0.2) is 36.1 Å². The first-order valence-corrected chi connectivity index (χ1v) is 12.5. The van der Waals surface area contributed by atoms with Gasteiger partial charge in [0.1, 0.15) is 5.82 Å². The van der Waals surface area contributed by atoms with Crippen molar-refractivity contribution in [2.45, 2.75) is 25.3 Å². The van der Waals surface area contributed by atoms with E-state index in [1.165, 1.54) is 11.1 Å². The maximum atomic E-state index is 6.25. The van der Waals surface area contributed by atoms with Gasteiger partial charge in [0.2, 0.25) is 0 Å². The van der Waals surface area contributed by atoms with Crippen molar-refractivity contribution in [1.82, 2.24) is 15.3 Å². The van der Waals surface area contributed by atoms with E-state index in [-0.39, 0.29) is 0 Å². The van der Waals surface area contributed by atoms with Crippen LogP contribution in [0.15, 0.2) is 72.8 Å². The van der Waals surface area contributed by atoms with Gasteiger partial charge in [0, 0.05) is 23.0 Å². The zero-order valence-electron chi connectivity index (χ0n) is 20.0. The molecule has 0 aliphatic rings. The van der Waals surface area contributed by atoms with E-state index in [0.717, 1.165) is 48.1 Å². The van der Waals surface area contributed by atoms with Gasteiger partial charge in [0.05, 0.1) is 5.52 Å². The van der Waals surface area contributed by atoms with Crippen LogP contribution in [0.1, 0.15) is 30.7 Å². The average molecular weight is 486 g/mol. The zero-order valence-corrected chi connectivity index (χ0v) is 20.8. The molecule has 1 aromatic heterocycles. The van der Waals surface area contributed by atoms with E-state index < -0.39 is 0 Å². The van der Waals surface area contributed by atoms with Crippen LogP contribution in [0.3, 0.4) is 0 Å². The third-order valence-corrected chi connectivity index (χ3v) is 6.30. The molecule has 1 unspecified atom stereocenters. The fourth-order valence-corrected chi connectivity index (χ4v) is 4.27. The Hall–Kier alpha value is -3.25. The Morgan fingerprint density at radius 2 is 1.69 bits per heavy atom. The minimum absolute atomic E-state index is 0.439. The molecule has 6 heteroatoms. The van der Waals surface area contributed by atoms with Gasteiger partial charge in [-0.15, -0.1) is 0 Å². The molecule has 0 fully saturated rings. The number of fused-ring (bicyclic) bond motifs is 1. The highest BCUT2D eigenvalue weighted by Crippen LogP contribution is 2.25. The Bertz CT molecular complexity index is 1260. The van der Waals surface area contributed by atoms with Gasteiger partial charge in [0.25, 0.3) is 0 Å². The first-order valence-electron chi connectivity index (χ1n) is 12.1. The SMILES string of the molecule is CNC(CCN)CCCNc1nc(C=Cc2ccc(-c3ccccc3)cc2)nc2cc(Cl)ccc12. The monoisotopic (exact) mass is 485 g/mol. The lowest BCUT2D eigenvalue weighted by Crippen LogP contribution is -2.28. The number of anilines is 1. The van der Waals surface area contributed by atoms with Gasteiger partial charge >= 0.3 is 0 Å². The van der Waals surface area contributed by atoms with Crippen LogP contribution in [0.5, 0.6) is 0 Å². The summed E-state index contributed by atoms with van der Waals surface area (Å²) in [5, 5.41) is 8.46. The van der Waals surface area contributed by atoms with E-state index >= 15 is 0 Å². The molecule has 1 atom stereocenters. The van der Waals surface area contributed by atoms with Crippen LogP contribution in [-0.2, 0) is 0 Å². The molecule has 4 rings (SSSR count). The minimum Gasteiger partial charge on any atom is -0.369 e. The third kappa shape index (κ3) is 6.89. The van der Waals surface area contributed by atoms with Gasteiger partial charge in [-0.1, -0.05) is 72.3 Å². The minimum atomic E-state index is 0.439. The van der Waals surface area contributed by atoms with Crippen LogP contribution < -0.4 is 16.4 Å². The van der Waals surface area contributed by atoms with Crippen molar-refractivity contribution in [2.75, 3.05) is 25.5 Å². The van der Waals surface area contributed by atoms with Crippen molar-refractivity contribution >= 4 is 40.5 Å². The van der Waals surface area contributed by atoms with Gasteiger partial charge in [-0.25, -0.2) is 9.97 Å². The van der Waals surface area contributed by atoms with Gasteiger partial charge in [-0.05, 0) is 73.8 Å². The van der Waals surface area contributed by atoms with Gasteiger partial charge < -0.3 is 16.4 Å². The van der Waals surface area contributed by atoms with Crippen molar-refractivity contribution in [3.05, 3.63) is 89.2 Å². The number of nitrogens with zero attached hydrogens (tertiary/aromatic N) is 2. The molecule has 0 spiro atoms. The second kappa shape index (κ2) is 12.5. The smallest absolute Gasteiger partial charge is 0.154 e. The number of nitrogens with one attached hydrogen (secondary N) is 2. The molecule has 0 radical (unpaired) electrons. The summed E-state index contributed by atoms with van der Waals surface area (Å²) in [7, 11) is 1.99. The second-order valence-corrected chi connectivity index (χ2v) is 8.98. The summed E-state index contributed by atoms with van der Waals surface area (Å²) in [5.41, 5.74) is 10.0. The molecule has 0 amide bonds. The summed E-state index contributed by atoms with van der Waals surface area (Å²) in [4.78, 5) is 9.52. The molecule has 1 heterocycles. The number of halogens is 1. The Labute approximate surface area is 212 Å². The number of aromatic nitrogens is 2. The molecule has 0 bridgehead atoms. The standard InChI is InChI=1S/C29H32ClN5/c1-32-25(17-18-31)8-5-19-33-29-26-15-14-24(30)20-27(26)34-28(35-29)16-11-21-9-12-23(13-10-21)22-6-3-2-4-7-22/h2-4,6-7,9-16,20,25,32H,5,8,17-19,31H2,1H3,(H,33,34,35). The summed E-state index contributed by atoms with van der Waals surface area (Å²) >= 11 is 6.25. The maximum Gasteiger partial charge on any atom is 0.154 e. The summed E-state index contributed by atoms with van der Waals surface area (Å²) < 4.78 is 0. The predicted molar refractivity (Wildman–Crippen MR) is 150 cm³/mol. The number of hydrogen-bond donors (Lipinski definition) is 3. The summed E-state index contributed by atoms with van der Waals surface area (Å²) in [6.45, 7) is 1.52. The van der Waals surface area contributed by atoms with E-state index in [9.17, 15) is 0 Å². The first-order chi connectivity index (χ1) is 17.2. The highest BCUT2D eigenvalue weighted by molar-refractivity contribution is 6.31. The van der Waals surface area contributed by atoms with Crippen molar-refractivity contribution in [3.8, 4) is 11.1 Å². The zero-order chi connectivity index (χ0) is 24.5. The van der Waals surface area contributed by atoms with Crippen LogP contribution in [0.4, 0.5) is 5.82 Å². The molecule has 0 aliphatic carbocycles. The number of nitrogens with two attached hydrogens (primary N) is 1. The van der Waals surface area contributed by atoms with E-state index in [0.29, 0.717) is 23.4 Å². The lowest BCUT2D eigenvalue weighted by Gasteiger charge is -2.15. The van der Waals surface area contributed by atoms with Crippen molar-refractivity contribution in [1.29, 1.82) is 0 Å². The molecule has 0 aliphatic heterocycles. The summed E-state index contributed by atoms with van der Waals surface area (Å²) in [5.74, 6) is 1.47. The second-order valence-electron chi connectivity index (χ2n) is 8.55. The Morgan fingerprint density at radius 1 is 0.914 bits per heavy atom. The van der Waals surface area contributed by atoms with Crippen LogP contribution >= 0.6 is 11.6 Å². The number of rotatable bonds is 11. The summed E-state index contributed by atoms with van der Waals surface area (Å²) in [6.07, 6.45) is 7.04. The van der Waals surface area contributed by atoms with E-state index in [4.69, 9.17) is 27.3 Å². The topological polar surface area (TPSA) is 75.9 Å². The molecule has 0 saturated carbocycles. The molecular formula is C29H32ClN5. The maximum absolute atomic E-state index is 6.25. The predicted octanol–water partition coefficient (Wildman–Crippen LogP) is 6.25. The van der Waals surface area contributed by atoms with Crippen molar-refractivity contribution in [3.63, 3.8) is 0 Å². The molecule has 0 saturated heterocycles. The Morgan fingerprint density at radius 3 is 2.43 bits per heavy atom. The number of benzene rings is 3. The fourth-order valence-electron chi connectivity index (χ4n) is 4.11. The van der Waals surface area contributed by atoms with Gasteiger partial charge in [0.15, 0.2) is 5.82 Å². The van der Waals surface area contributed by atoms with E-state index in [2.05, 4.69) is 59.2 Å². The van der Waals surface area contributed by atoms with Crippen molar-refractivity contribution in [2.24, 2.45) is 5.73 Å². The van der Waals surface area contributed by atoms with E-state index in [1.54, 1.807) is 0 Å². The van der Waals surface area contributed by atoms with Crippen LogP contribution in [0.25, 0.3) is 34.2 Å². The highest BCUT2D eigenvalue weighted by atomic mass is 35.5. The highest BCUT2D eigenvalue weighted by Gasteiger charge is 2.09. The Kier molecular flexibility index (Phi) is 8.85. The average Bonchev–Trinajstić information content (AvgIpc) is 2.89. The molecular weight excluding hydrogens is 454 g/mol. The van der Waals surface area contributed by atoms with Crippen LogP contribution in [0.2, 0.25) is 5.02 Å². The normalized spacial score (nSPS) is 12.3. The molecule has 4 N–H and O–H groups in total. The Balaban J connectivity index is 1.50. The van der Waals surface area contributed by atoms with Crippen LogP contribution in [0, 0.1) is 0 Å². The fraction of sp³-hybridized carbons (Fsp3) is 0.241. The van der Waals surface area contributed by atoms with Gasteiger partial charge in [-0.2, -0.15) is 0 Å². The quantitative estimate of drug-likeness (QED) is 0.219. The molecule has 3 aromatic carbocycles. The van der Waals surface area contributed by atoms with Crippen molar-refractivity contribution < 1.29 is 0 Å².